The van der Waals surface area contributed by atoms with Crippen molar-refractivity contribution >= 4 is 21.5 Å². The summed E-state index contributed by atoms with van der Waals surface area (Å²) < 4.78 is 1.13. The Morgan fingerprint density at radius 3 is 2.65 bits per heavy atom. The molecule has 1 heteroatoms. The molecule has 0 nitrogen and oxygen atoms in total. The van der Waals surface area contributed by atoms with Crippen molar-refractivity contribution < 1.29 is 0 Å². The van der Waals surface area contributed by atoms with E-state index in [9.17, 15) is 0 Å². The van der Waals surface area contributed by atoms with E-state index in [1.807, 2.05) is 0 Å². The smallest absolute Gasteiger partial charge is 0.0181 e. The van der Waals surface area contributed by atoms with E-state index >= 15 is 0 Å². The van der Waals surface area contributed by atoms with Crippen LogP contribution in [0.2, 0.25) is 0 Å². The van der Waals surface area contributed by atoms with Gasteiger partial charge in [-0.3, -0.25) is 0 Å². The molecule has 20 heavy (non-hydrogen) atoms. The van der Waals surface area contributed by atoms with Gasteiger partial charge in [0.05, 0.1) is 0 Å². The zero-order chi connectivity index (χ0) is 13.8. The van der Waals surface area contributed by atoms with Crippen LogP contribution in [0.3, 0.4) is 0 Å². The summed E-state index contributed by atoms with van der Waals surface area (Å²) in [4.78, 5) is 0. The summed E-state index contributed by atoms with van der Waals surface area (Å²) in [5.74, 6) is 0.594. The lowest BCUT2D eigenvalue weighted by Crippen LogP contribution is -2.04. The van der Waals surface area contributed by atoms with Crippen molar-refractivity contribution in [3.63, 3.8) is 0 Å². The summed E-state index contributed by atoms with van der Waals surface area (Å²) >= 11 is 3.55. The van der Waals surface area contributed by atoms with E-state index in [-0.39, 0.29) is 0 Å². The fraction of sp³-hybridized carbons (Fsp3) is 0.158. The predicted octanol–water partition coefficient (Wildman–Crippen LogP) is 5.65. The van der Waals surface area contributed by atoms with E-state index in [1.54, 1.807) is 0 Å². The summed E-state index contributed by atoms with van der Waals surface area (Å²) in [5.41, 5.74) is 4.03. The van der Waals surface area contributed by atoms with Gasteiger partial charge in [0, 0.05) is 4.47 Å². The molecule has 1 unspecified atom stereocenters. The van der Waals surface area contributed by atoms with Crippen LogP contribution in [0.4, 0.5) is 0 Å². The van der Waals surface area contributed by atoms with Crippen molar-refractivity contribution in [3.05, 3.63) is 88.4 Å². The first-order valence-electron chi connectivity index (χ1n) is 6.99. The standard InChI is InChI=1S/C19H17Br/c20-19-11-5-10-18(14-19)17-9-4-8-16(13-17)12-15-6-2-1-3-7-15/h1-7,9-11,13-14,16H,8,12H2. The van der Waals surface area contributed by atoms with Crippen LogP contribution in [-0.4, -0.2) is 0 Å². The van der Waals surface area contributed by atoms with Gasteiger partial charge in [0.15, 0.2) is 0 Å². The van der Waals surface area contributed by atoms with Gasteiger partial charge < -0.3 is 0 Å². The molecule has 1 aliphatic carbocycles. The summed E-state index contributed by atoms with van der Waals surface area (Å²) in [7, 11) is 0. The third kappa shape index (κ3) is 3.29. The molecular formula is C19H17Br. The summed E-state index contributed by atoms with van der Waals surface area (Å²) in [6.07, 6.45) is 9.19. The Morgan fingerprint density at radius 1 is 1.00 bits per heavy atom. The van der Waals surface area contributed by atoms with Crippen LogP contribution in [0.1, 0.15) is 17.5 Å². The fourth-order valence-corrected chi connectivity index (χ4v) is 3.07. The Balaban J connectivity index is 1.80. The third-order valence-electron chi connectivity index (χ3n) is 3.65. The minimum atomic E-state index is 0.594. The monoisotopic (exact) mass is 324 g/mol. The molecule has 1 aliphatic rings. The lowest BCUT2D eigenvalue weighted by molar-refractivity contribution is 0.655. The molecule has 0 spiro atoms. The summed E-state index contributed by atoms with van der Waals surface area (Å²) in [5, 5.41) is 0. The highest BCUT2D eigenvalue weighted by Crippen LogP contribution is 2.28. The van der Waals surface area contributed by atoms with Crippen LogP contribution < -0.4 is 0 Å². The fourth-order valence-electron chi connectivity index (χ4n) is 2.67. The lowest BCUT2D eigenvalue weighted by Gasteiger charge is -2.17. The van der Waals surface area contributed by atoms with E-state index in [0.29, 0.717) is 5.92 Å². The molecule has 2 aromatic carbocycles. The van der Waals surface area contributed by atoms with Crippen LogP contribution in [0.15, 0.2) is 77.3 Å². The maximum Gasteiger partial charge on any atom is 0.0181 e. The maximum atomic E-state index is 3.55. The minimum absolute atomic E-state index is 0.594. The molecule has 0 amide bonds. The topological polar surface area (TPSA) is 0 Å². The molecule has 0 bridgehead atoms. The molecule has 2 aromatic rings. The van der Waals surface area contributed by atoms with Crippen LogP contribution in [-0.2, 0) is 6.42 Å². The number of rotatable bonds is 3. The first-order valence-corrected chi connectivity index (χ1v) is 7.79. The Kier molecular flexibility index (Phi) is 4.17. The lowest BCUT2D eigenvalue weighted by atomic mass is 9.88. The van der Waals surface area contributed by atoms with E-state index in [2.05, 4.69) is 88.8 Å². The van der Waals surface area contributed by atoms with Crippen LogP contribution in [0.5, 0.6) is 0 Å². The number of hydrogen-bond acceptors (Lipinski definition) is 0. The van der Waals surface area contributed by atoms with Gasteiger partial charge >= 0.3 is 0 Å². The molecule has 1 atom stereocenters. The highest BCUT2D eigenvalue weighted by molar-refractivity contribution is 9.10. The molecule has 0 radical (unpaired) electrons. The first kappa shape index (κ1) is 13.4. The quantitative estimate of drug-likeness (QED) is 0.684. The molecule has 3 rings (SSSR count). The Bertz CT molecular complexity index is 638. The average molecular weight is 325 g/mol. The third-order valence-corrected chi connectivity index (χ3v) is 4.14. The van der Waals surface area contributed by atoms with Gasteiger partial charge in [0.2, 0.25) is 0 Å². The second kappa shape index (κ2) is 6.23. The molecule has 0 N–H and O–H groups in total. The largest absolute Gasteiger partial charge is 0.0833 e. The molecule has 100 valence electrons. The van der Waals surface area contributed by atoms with Gasteiger partial charge in [-0.15, -0.1) is 0 Å². The zero-order valence-corrected chi connectivity index (χ0v) is 12.9. The van der Waals surface area contributed by atoms with Crippen molar-refractivity contribution in [1.29, 1.82) is 0 Å². The van der Waals surface area contributed by atoms with E-state index in [1.165, 1.54) is 16.7 Å². The van der Waals surface area contributed by atoms with Crippen molar-refractivity contribution in [2.24, 2.45) is 5.92 Å². The Morgan fingerprint density at radius 2 is 1.85 bits per heavy atom. The Labute approximate surface area is 129 Å². The van der Waals surface area contributed by atoms with Gasteiger partial charge in [-0.05, 0) is 47.6 Å². The number of benzene rings is 2. The summed E-state index contributed by atoms with van der Waals surface area (Å²) in [6.45, 7) is 0. The number of allylic oxidation sites excluding steroid dienone is 4. The van der Waals surface area contributed by atoms with E-state index in [4.69, 9.17) is 0 Å². The Hall–Kier alpha value is -1.60. The molecule has 0 saturated heterocycles. The van der Waals surface area contributed by atoms with Crippen LogP contribution in [0.25, 0.3) is 5.57 Å². The SMILES string of the molecule is Brc1cccc(C2=CC(Cc3ccccc3)CC=C2)c1. The van der Waals surface area contributed by atoms with Crippen molar-refractivity contribution in [2.75, 3.05) is 0 Å². The molecule has 0 saturated carbocycles. The zero-order valence-electron chi connectivity index (χ0n) is 11.3. The highest BCUT2D eigenvalue weighted by atomic mass is 79.9. The van der Waals surface area contributed by atoms with Crippen LogP contribution in [0, 0.1) is 5.92 Å². The van der Waals surface area contributed by atoms with Gasteiger partial charge in [-0.25, -0.2) is 0 Å². The van der Waals surface area contributed by atoms with Crippen molar-refractivity contribution in [1.82, 2.24) is 0 Å². The van der Waals surface area contributed by atoms with Gasteiger partial charge in [0.25, 0.3) is 0 Å². The van der Waals surface area contributed by atoms with Crippen LogP contribution >= 0.6 is 15.9 Å². The second-order valence-electron chi connectivity index (χ2n) is 5.22. The molecular weight excluding hydrogens is 308 g/mol. The molecule has 0 fully saturated rings. The highest BCUT2D eigenvalue weighted by Gasteiger charge is 2.11. The first-order chi connectivity index (χ1) is 9.81. The normalized spacial score (nSPS) is 17.9. The van der Waals surface area contributed by atoms with Gasteiger partial charge in [0.1, 0.15) is 0 Å². The van der Waals surface area contributed by atoms with Gasteiger partial charge in [-0.1, -0.05) is 76.6 Å². The number of halogens is 1. The van der Waals surface area contributed by atoms with Crippen molar-refractivity contribution in [2.45, 2.75) is 12.8 Å². The molecule has 0 heterocycles. The second-order valence-corrected chi connectivity index (χ2v) is 6.14. The van der Waals surface area contributed by atoms with E-state index in [0.717, 1.165) is 17.3 Å². The van der Waals surface area contributed by atoms with E-state index < -0.39 is 0 Å². The van der Waals surface area contributed by atoms with Crippen molar-refractivity contribution in [3.8, 4) is 0 Å². The molecule has 0 aliphatic heterocycles. The average Bonchev–Trinajstić information content (AvgIpc) is 2.49. The maximum absolute atomic E-state index is 3.55. The van der Waals surface area contributed by atoms with Gasteiger partial charge in [-0.2, -0.15) is 0 Å². The predicted molar refractivity (Wildman–Crippen MR) is 89.5 cm³/mol. The number of hydrogen-bond donors (Lipinski definition) is 0. The summed E-state index contributed by atoms with van der Waals surface area (Å²) in [6, 6.07) is 19.3. The molecule has 0 aromatic heterocycles. The minimum Gasteiger partial charge on any atom is -0.0833 e.